The molecule has 1 saturated carbocycles. The van der Waals surface area contributed by atoms with Crippen molar-refractivity contribution in [1.29, 1.82) is 0 Å². The molecule has 3 nitrogen and oxygen atoms in total. The number of aryl methyl sites for hydroxylation is 1. The lowest BCUT2D eigenvalue weighted by atomic mass is 9.94. The second-order valence-electron chi connectivity index (χ2n) is 5.90. The number of anilines is 2. The van der Waals surface area contributed by atoms with Crippen LogP contribution in [0.25, 0.3) is 10.9 Å². The summed E-state index contributed by atoms with van der Waals surface area (Å²) in [6.45, 7) is 2.05. The second-order valence-corrected chi connectivity index (χ2v) is 6.97. The molecule has 1 aliphatic rings. The first-order chi connectivity index (χ1) is 10.2. The van der Waals surface area contributed by atoms with Gasteiger partial charge in [-0.05, 0) is 50.3 Å². The number of nitrogens with zero attached hydrogens (tertiary/aromatic N) is 1. The van der Waals surface area contributed by atoms with Crippen molar-refractivity contribution in [2.24, 2.45) is 0 Å². The SMILES string of the molecule is CSC1CCCCC1Nc1cc(C)nc2ccc(N)cc12. The van der Waals surface area contributed by atoms with Crippen LogP contribution in [-0.4, -0.2) is 22.5 Å². The Morgan fingerprint density at radius 1 is 1.24 bits per heavy atom. The summed E-state index contributed by atoms with van der Waals surface area (Å²) in [6.07, 6.45) is 7.45. The molecule has 0 radical (unpaired) electrons. The van der Waals surface area contributed by atoms with Gasteiger partial charge in [0.05, 0.1) is 5.52 Å². The van der Waals surface area contributed by atoms with Crippen LogP contribution in [-0.2, 0) is 0 Å². The fraction of sp³-hybridized carbons (Fsp3) is 0.471. The molecule has 1 aliphatic carbocycles. The lowest BCUT2D eigenvalue weighted by Gasteiger charge is -2.32. The Morgan fingerprint density at radius 2 is 2.05 bits per heavy atom. The van der Waals surface area contributed by atoms with Gasteiger partial charge in [-0.2, -0.15) is 11.8 Å². The molecule has 0 amide bonds. The third kappa shape index (κ3) is 3.10. The lowest BCUT2D eigenvalue weighted by molar-refractivity contribution is 0.475. The topological polar surface area (TPSA) is 50.9 Å². The molecule has 112 valence electrons. The Hall–Kier alpha value is -1.42. The molecule has 1 fully saturated rings. The average molecular weight is 301 g/mol. The predicted octanol–water partition coefficient (Wildman–Crippen LogP) is 4.21. The summed E-state index contributed by atoms with van der Waals surface area (Å²) in [5.41, 5.74) is 9.99. The van der Waals surface area contributed by atoms with Crippen LogP contribution in [0.2, 0.25) is 0 Å². The molecule has 2 unspecified atom stereocenters. The standard InChI is InChI=1S/C17H23N3S/c1-11-9-16(13-10-12(18)7-8-14(13)19-11)20-15-5-3-4-6-17(15)21-2/h7-10,15,17H,3-6,18H2,1-2H3,(H,19,20). The van der Waals surface area contributed by atoms with Gasteiger partial charge in [0.15, 0.2) is 0 Å². The number of fused-ring (bicyclic) bond motifs is 1. The molecule has 1 aromatic carbocycles. The predicted molar refractivity (Wildman–Crippen MR) is 94.1 cm³/mol. The van der Waals surface area contributed by atoms with E-state index in [0.29, 0.717) is 11.3 Å². The van der Waals surface area contributed by atoms with E-state index in [0.717, 1.165) is 22.3 Å². The molecule has 4 heteroatoms. The number of hydrogen-bond acceptors (Lipinski definition) is 4. The first-order valence-corrected chi connectivity index (χ1v) is 8.92. The van der Waals surface area contributed by atoms with Gasteiger partial charge in [-0.15, -0.1) is 0 Å². The van der Waals surface area contributed by atoms with Gasteiger partial charge in [0, 0.05) is 33.7 Å². The molecule has 1 aromatic heterocycles. The first-order valence-electron chi connectivity index (χ1n) is 7.63. The number of thioether (sulfide) groups is 1. The van der Waals surface area contributed by atoms with Gasteiger partial charge in [0.25, 0.3) is 0 Å². The van der Waals surface area contributed by atoms with E-state index < -0.39 is 0 Å². The zero-order chi connectivity index (χ0) is 14.8. The van der Waals surface area contributed by atoms with Crippen LogP contribution >= 0.6 is 11.8 Å². The average Bonchev–Trinajstić information content (AvgIpc) is 2.48. The molecule has 2 atom stereocenters. The summed E-state index contributed by atoms with van der Waals surface area (Å²) in [4.78, 5) is 4.61. The van der Waals surface area contributed by atoms with Gasteiger partial charge in [-0.25, -0.2) is 0 Å². The third-order valence-electron chi connectivity index (χ3n) is 4.31. The van der Waals surface area contributed by atoms with E-state index in [1.165, 1.54) is 31.4 Å². The minimum absolute atomic E-state index is 0.542. The maximum Gasteiger partial charge on any atom is 0.0727 e. The summed E-state index contributed by atoms with van der Waals surface area (Å²) in [5, 5.41) is 5.60. The maximum atomic E-state index is 5.96. The molecule has 0 bridgehead atoms. The number of aromatic nitrogens is 1. The second kappa shape index (κ2) is 6.14. The zero-order valence-electron chi connectivity index (χ0n) is 12.7. The fourth-order valence-electron chi connectivity index (χ4n) is 3.24. The number of nitrogens with one attached hydrogen (secondary N) is 1. The highest BCUT2D eigenvalue weighted by Gasteiger charge is 2.24. The molecule has 3 rings (SSSR count). The van der Waals surface area contributed by atoms with E-state index in [9.17, 15) is 0 Å². The van der Waals surface area contributed by atoms with E-state index in [1.54, 1.807) is 0 Å². The summed E-state index contributed by atoms with van der Waals surface area (Å²) >= 11 is 1.98. The quantitative estimate of drug-likeness (QED) is 0.834. The van der Waals surface area contributed by atoms with Crippen molar-refractivity contribution >= 4 is 34.0 Å². The lowest BCUT2D eigenvalue weighted by Crippen LogP contribution is -2.34. The van der Waals surface area contributed by atoms with Crippen LogP contribution in [0.3, 0.4) is 0 Å². The monoisotopic (exact) mass is 301 g/mol. The highest BCUT2D eigenvalue weighted by Crippen LogP contribution is 2.32. The molecule has 21 heavy (non-hydrogen) atoms. The minimum atomic E-state index is 0.542. The van der Waals surface area contributed by atoms with Crippen molar-refractivity contribution in [2.45, 2.75) is 43.9 Å². The van der Waals surface area contributed by atoms with E-state index in [4.69, 9.17) is 5.73 Å². The normalized spacial score (nSPS) is 22.4. The van der Waals surface area contributed by atoms with Crippen molar-refractivity contribution in [3.63, 3.8) is 0 Å². The highest BCUT2D eigenvalue weighted by atomic mass is 32.2. The van der Waals surface area contributed by atoms with Gasteiger partial charge < -0.3 is 11.1 Å². The van der Waals surface area contributed by atoms with Crippen LogP contribution in [0.5, 0.6) is 0 Å². The number of rotatable bonds is 3. The van der Waals surface area contributed by atoms with Crippen LogP contribution in [0, 0.1) is 6.92 Å². The Morgan fingerprint density at radius 3 is 2.86 bits per heavy atom. The number of nitrogens with two attached hydrogens (primary N) is 1. The van der Waals surface area contributed by atoms with Gasteiger partial charge in [0.2, 0.25) is 0 Å². The molecule has 2 aromatic rings. The van der Waals surface area contributed by atoms with E-state index in [2.05, 4.69) is 22.6 Å². The minimum Gasteiger partial charge on any atom is -0.399 e. The molecule has 0 saturated heterocycles. The molecule has 1 heterocycles. The van der Waals surface area contributed by atoms with E-state index in [1.807, 2.05) is 36.9 Å². The largest absolute Gasteiger partial charge is 0.399 e. The molecule has 0 aliphatic heterocycles. The van der Waals surface area contributed by atoms with Crippen LogP contribution in [0.4, 0.5) is 11.4 Å². The van der Waals surface area contributed by atoms with Gasteiger partial charge in [-0.1, -0.05) is 12.8 Å². The van der Waals surface area contributed by atoms with Crippen molar-refractivity contribution in [2.75, 3.05) is 17.3 Å². The van der Waals surface area contributed by atoms with Crippen molar-refractivity contribution in [1.82, 2.24) is 4.98 Å². The van der Waals surface area contributed by atoms with Crippen LogP contribution < -0.4 is 11.1 Å². The summed E-state index contributed by atoms with van der Waals surface area (Å²) in [5.74, 6) is 0. The first kappa shape index (κ1) is 14.5. The maximum absolute atomic E-state index is 5.96. The summed E-state index contributed by atoms with van der Waals surface area (Å²) < 4.78 is 0. The van der Waals surface area contributed by atoms with Gasteiger partial charge >= 0.3 is 0 Å². The Labute approximate surface area is 130 Å². The van der Waals surface area contributed by atoms with Crippen LogP contribution in [0.1, 0.15) is 31.4 Å². The summed E-state index contributed by atoms with van der Waals surface area (Å²) in [6, 6.07) is 8.65. The third-order valence-corrected chi connectivity index (χ3v) is 5.48. The number of nitrogen functional groups attached to an aromatic ring is 1. The molecular formula is C17H23N3S. The number of benzene rings is 1. The van der Waals surface area contributed by atoms with Crippen molar-refractivity contribution < 1.29 is 0 Å². The van der Waals surface area contributed by atoms with Crippen molar-refractivity contribution in [3.05, 3.63) is 30.0 Å². The Kier molecular flexibility index (Phi) is 4.24. The van der Waals surface area contributed by atoms with Gasteiger partial charge in [-0.3, -0.25) is 4.98 Å². The molecular weight excluding hydrogens is 278 g/mol. The Balaban J connectivity index is 1.97. The smallest absolute Gasteiger partial charge is 0.0727 e. The molecule has 3 N–H and O–H groups in total. The van der Waals surface area contributed by atoms with Crippen molar-refractivity contribution in [3.8, 4) is 0 Å². The van der Waals surface area contributed by atoms with Crippen LogP contribution in [0.15, 0.2) is 24.3 Å². The van der Waals surface area contributed by atoms with E-state index in [-0.39, 0.29) is 0 Å². The Bertz CT molecular complexity index is 641. The highest BCUT2D eigenvalue weighted by molar-refractivity contribution is 7.99. The fourth-order valence-corrected chi connectivity index (χ4v) is 4.17. The number of hydrogen-bond donors (Lipinski definition) is 2. The zero-order valence-corrected chi connectivity index (χ0v) is 13.5. The molecule has 0 spiro atoms. The van der Waals surface area contributed by atoms with Gasteiger partial charge in [0.1, 0.15) is 0 Å². The summed E-state index contributed by atoms with van der Waals surface area (Å²) in [7, 11) is 0. The number of pyridine rings is 1. The van der Waals surface area contributed by atoms with E-state index >= 15 is 0 Å².